The van der Waals surface area contributed by atoms with Crippen LogP contribution in [-0.2, 0) is 0 Å². The van der Waals surface area contributed by atoms with Crippen LogP contribution in [0.15, 0.2) is 16.6 Å². The van der Waals surface area contributed by atoms with Gasteiger partial charge < -0.3 is 0 Å². The van der Waals surface area contributed by atoms with E-state index in [1.54, 1.807) is 19.0 Å². The molecule has 0 bridgehead atoms. The highest BCUT2D eigenvalue weighted by Gasteiger charge is 2.40. The number of hydrogen-bond acceptors (Lipinski definition) is 2. The van der Waals surface area contributed by atoms with E-state index >= 15 is 0 Å². The number of carbonyl (C=O) groups is 1. The van der Waals surface area contributed by atoms with E-state index in [0.29, 0.717) is 12.8 Å². The zero-order chi connectivity index (χ0) is 14.8. The first-order valence-corrected chi connectivity index (χ1v) is 6.96. The van der Waals surface area contributed by atoms with Crippen LogP contribution in [0.3, 0.4) is 0 Å². The maximum atomic E-state index is 14.1. The molecule has 1 aromatic carbocycles. The van der Waals surface area contributed by atoms with Crippen LogP contribution in [0.5, 0.6) is 0 Å². The minimum atomic E-state index is -0.886. The van der Waals surface area contributed by atoms with E-state index in [2.05, 4.69) is 15.9 Å². The van der Waals surface area contributed by atoms with Crippen LogP contribution in [0.4, 0.5) is 8.78 Å². The van der Waals surface area contributed by atoms with Crippen LogP contribution in [0, 0.1) is 11.6 Å². The summed E-state index contributed by atoms with van der Waals surface area (Å²) in [6.45, 7) is 3.68. The highest BCUT2D eigenvalue weighted by molar-refractivity contribution is 9.10. The number of rotatable bonds is 5. The van der Waals surface area contributed by atoms with Crippen molar-refractivity contribution in [1.82, 2.24) is 4.90 Å². The van der Waals surface area contributed by atoms with Gasteiger partial charge in [-0.3, -0.25) is 9.69 Å². The number of halogens is 3. The molecule has 0 heterocycles. The largest absolute Gasteiger partial charge is 0.297 e. The Morgan fingerprint density at radius 2 is 1.79 bits per heavy atom. The number of ketones is 1. The second kappa shape index (κ2) is 6.09. The number of benzene rings is 1. The lowest BCUT2D eigenvalue weighted by Crippen LogP contribution is -2.50. The SMILES string of the molecule is CCC(CC)(C(=O)c1c(F)ccc(Br)c1F)N(C)C. The zero-order valence-electron chi connectivity index (χ0n) is 11.6. The van der Waals surface area contributed by atoms with Gasteiger partial charge >= 0.3 is 0 Å². The Morgan fingerprint density at radius 3 is 2.21 bits per heavy atom. The molecule has 0 unspecified atom stereocenters. The smallest absolute Gasteiger partial charge is 0.188 e. The fraction of sp³-hybridized carbons (Fsp3) is 0.500. The molecule has 0 atom stereocenters. The third kappa shape index (κ3) is 2.72. The van der Waals surface area contributed by atoms with Crippen molar-refractivity contribution in [2.45, 2.75) is 32.2 Å². The molecular weight excluding hydrogens is 316 g/mol. The van der Waals surface area contributed by atoms with E-state index in [4.69, 9.17) is 0 Å². The van der Waals surface area contributed by atoms with E-state index in [0.717, 1.165) is 6.07 Å². The number of hydrogen-bond donors (Lipinski definition) is 0. The molecule has 0 aliphatic carbocycles. The molecule has 2 nitrogen and oxygen atoms in total. The molecular formula is C14H18BrF2NO. The first-order valence-electron chi connectivity index (χ1n) is 6.17. The maximum Gasteiger partial charge on any atom is 0.188 e. The van der Waals surface area contributed by atoms with E-state index < -0.39 is 28.5 Å². The normalized spacial score (nSPS) is 12.0. The Bertz CT molecular complexity index is 485. The highest BCUT2D eigenvalue weighted by Crippen LogP contribution is 2.31. The lowest BCUT2D eigenvalue weighted by atomic mass is 9.83. The molecule has 0 saturated carbocycles. The van der Waals surface area contributed by atoms with Gasteiger partial charge in [-0.2, -0.15) is 0 Å². The maximum absolute atomic E-state index is 14.1. The van der Waals surface area contributed by atoms with E-state index in [1.165, 1.54) is 6.07 Å². The first kappa shape index (κ1) is 16.2. The quantitative estimate of drug-likeness (QED) is 0.599. The molecule has 0 aliphatic rings. The number of nitrogens with zero attached hydrogens (tertiary/aromatic N) is 1. The topological polar surface area (TPSA) is 20.3 Å². The van der Waals surface area contributed by atoms with Gasteiger partial charge in [0, 0.05) is 0 Å². The van der Waals surface area contributed by atoms with Gasteiger partial charge in [0.05, 0.1) is 15.6 Å². The Kier molecular flexibility index (Phi) is 5.21. The average molecular weight is 334 g/mol. The van der Waals surface area contributed by atoms with Gasteiger partial charge in [-0.25, -0.2) is 8.78 Å². The van der Waals surface area contributed by atoms with Crippen molar-refractivity contribution in [1.29, 1.82) is 0 Å². The van der Waals surface area contributed by atoms with Crippen LogP contribution in [0.2, 0.25) is 0 Å². The molecule has 0 amide bonds. The van der Waals surface area contributed by atoms with Crippen molar-refractivity contribution in [2.75, 3.05) is 14.1 Å². The van der Waals surface area contributed by atoms with Gasteiger partial charge in [0.1, 0.15) is 5.82 Å². The third-order valence-corrected chi connectivity index (χ3v) is 4.33. The number of Topliss-reactive ketones (excluding diaryl/α,β-unsaturated/α-hetero) is 1. The van der Waals surface area contributed by atoms with Crippen molar-refractivity contribution in [3.05, 3.63) is 33.8 Å². The summed E-state index contributed by atoms with van der Waals surface area (Å²) in [4.78, 5) is 14.4. The summed E-state index contributed by atoms with van der Waals surface area (Å²) in [6, 6.07) is 2.36. The summed E-state index contributed by atoms with van der Waals surface area (Å²) in [7, 11) is 3.50. The lowest BCUT2D eigenvalue weighted by Gasteiger charge is -2.37. The molecule has 0 aromatic heterocycles. The van der Waals surface area contributed by atoms with Crippen LogP contribution < -0.4 is 0 Å². The summed E-state index contributed by atoms with van der Waals surface area (Å²) >= 11 is 2.99. The van der Waals surface area contributed by atoms with E-state index in [1.807, 2.05) is 13.8 Å². The minimum Gasteiger partial charge on any atom is -0.297 e. The fourth-order valence-corrected chi connectivity index (χ4v) is 2.70. The minimum absolute atomic E-state index is 0.0945. The average Bonchev–Trinajstić information content (AvgIpc) is 2.36. The second-order valence-electron chi connectivity index (χ2n) is 4.68. The zero-order valence-corrected chi connectivity index (χ0v) is 13.1. The molecule has 106 valence electrons. The predicted molar refractivity (Wildman–Crippen MR) is 75.4 cm³/mol. The van der Waals surface area contributed by atoms with E-state index in [9.17, 15) is 13.6 Å². The Balaban J connectivity index is 3.45. The Labute approximate surface area is 120 Å². The van der Waals surface area contributed by atoms with Crippen LogP contribution in [0.25, 0.3) is 0 Å². The fourth-order valence-electron chi connectivity index (χ4n) is 2.37. The Morgan fingerprint density at radius 1 is 1.26 bits per heavy atom. The van der Waals surface area contributed by atoms with Crippen molar-refractivity contribution in [3.63, 3.8) is 0 Å². The summed E-state index contributed by atoms with van der Waals surface area (Å²) in [5.41, 5.74) is -1.35. The van der Waals surface area contributed by atoms with Gasteiger partial charge in [0.25, 0.3) is 0 Å². The highest BCUT2D eigenvalue weighted by atomic mass is 79.9. The number of likely N-dealkylation sites (N-methyl/N-ethyl adjacent to an activating group) is 1. The molecule has 19 heavy (non-hydrogen) atoms. The molecule has 0 fully saturated rings. The summed E-state index contributed by atoms with van der Waals surface area (Å²) in [5, 5.41) is 0. The van der Waals surface area contributed by atoms with E-state index in [-0.39, 0.29) is 4.47 Å². The third-order valence-electron chi connectivity index (χ3n) is 3.72. The van der Waals surface area contributed by atoms with Crippen molar-refractivity contribution in [2.24, 2.45) is 0 Å². The van der Waals surface area contributed by atoms with Gasteiger partial charge in [0.2, 0.25) is 0 Å². The summed E-state index contributed by atoms with van der Waals surface area (Å²) in [5.74, 6) is -2.17. The van der Waals surface area contributed by atoms with Gasteiger partial charge in [-0.15, -0.1) is 0 Å². The standard InChI is InChI=1S/C14H18BrF2NO/c1-5-14(6-2,18(3)4)13(19)11-10(16)8-7-9(15)12(11)17/h7-8H,5-6H2,1-4H3. The molecule has 0 radical (unpaired) electrons. The van der Waals surface area contributed by atoms with Crippen LogP contribution >= 0.6 is 15.9 Å². The van der Waals surface area contributed by atoms with Crippen molar-refractivity contribution < 1.29 is 13.6 Å². The molecule has 0 N–H and O–H groups in total. The molecule has 1 rings (SSSR count). The number of carbonyl (C=O) groups excluding carboxylic acids is 1. The first-order chi connectivity index (χ1) is 8.81. The van der Waals surface area contributed by atoms with Crippen LogP contribution in [-0.4, -0.2) is 30.3 Å². The van der Waals surface area contributed by atoms with Gasteiger partial charge in [-0.1, -0.05) is 13.8 Å². The summed E-state index contributed by atoms with van der Waals surface area (Å²) in [6.07, 6.45) is 0.974. The van der Waals surface area contributed by atoms with Crippen LogP contribution in [0.1, 0.15) is 37.0 Å². The van der Waals surface area contributed by atoms with Gasteiger partial charge in [0.15, 0.2) is 11.6 Å². The van der Waals surface area contributed by atoms with Gasteiger partial charge in [-0.05, 0) is 55.0 Å². The summed E-state index contributed by atoms with van der Waals surface area (Å²) < 4.78 is 28.0. The monoisotopic (exact) mass is 333 g/mol. The van der Waals surface area contributed by atoms with Crippen molar-refractivity contribution >= 4 is 21.7 Å². The lowest BCUT2D eigenvalue weighted by molar-refractivity contribution is 0.0646. The molecule has 0 aliphatic heterocycles. The molecule has 1 aromatic rings. The molecule has 0 saturated heterocycles. The van der Waals surface area contributed by atoms with Crippen molar-refractivity contribution in [3.8, 4) is 0 Å². The second-order valence-corrected chi connectivity index (χ2v) is 5.53. The molecule has 0 spiro atoms. The predicted octanol–water partition coefficient (Wildman–Crippen LogP) is 4.03. The Hall–Kier alpha value is -0.810. The molecule has 5 heteroatoms.